The van der Waals surface area contributed by atoms with Crippen molar-refractivity contribution >= 4 is 23.6 Å². The van der Waals surface area contributed by atoms with Crippen LogP contribution in [0.2, 0.25) is 0 Å². The molecular formula is C12H21N3O3S. The number of thioether (sulfide) groups is 1. The molecule has 19 heavy (non-hydrogen) atoms. The summed E-state index contributed by atoms with van der Waals surface area (Å²) < 4.78 is 0. The summed E-state index contributed by atoms with van der Waals surface area (Å²) >= 11 is 1.56. The summed E-state index contributed by atoms with van der Waals surface area (Å²) in [4.78, 5) is 29.1. The molecule has 0 aliphatic carbocycles. The van der Waals surface area contributed by atoms with Crippen molar-refractivity contribution in [2.45, 2.75) is 13.0 Å². The lowest BCUT2D eigenvalue weighted by atomic mass is 10.2. The summed E-state index contributed by atoms with van der Waals surface area (Å²) in [5, 5.41) is 9.33. The van der Waals surface area contributed by atoms with Gasteiger partial charge in [-0.05, 0) is 6.92 Å². The molecule has 2 aliphatic heterocycles. The van der Waals surface area contributed by atoms with Crippen LogP contribution in [0.1, 0.15) is 6.92 Å². The molecule has 1 atom stereocenters. The molecule has 0 aromatic heterocycles. The largest absolute Gasteiger partial charge is 0.392 e. The summed E-state index contributed by atoms with van der Waals surface area (Å²) in [5.74, 6) is 1.22. The van der Waals surface area contributed by atoms with Gasteiger partial charge in [-0.3, -0.25) is 14.5 Å². The lowest BCUT2D eigenvalue weighted by molar-refractivity contribution is -0.139. The molecule has 2 rings (SSSR count). The first-order valence-corrected chi connectivity index (χ1v) is 7.75. The fourth-order valence-corrected chi connectivity index (χ4v) is 3.26. The maximum atomic E-state index is 12.1. The predicted molar refractivity (Wildman–Crippen MR) is 73.7 cm³/mol. The van der Waals surface area contributed by atoms with Crippen molar-refractivity contribution in [3.63, 3.8) is 0 Å². The monoisotopic (exact) mass is 287 g/mol. The maximum Gasteiger partial charge on any atom is 0.242 e. The van der Waals surface area contributed by atoms with Gasteiger partial charge in [0.2, 0.25) is 11.8 Å². The van der Waals surface area contributed by atoms with Crippen LogP contribution >= 0.6 is 11.8 Å². The number of β-amino-alcohol motifs (C(OH)–C–C–N with tert-alkyl or cyclic N) is 1. The van der Waals surface area contributed by atoms with Gasteiger partial charge in [0.1, 0.15) is 6.54 Å². The van der Waals surface area contributed by atoms with Crippen LogP contribution in [0.25, 0.3) is 0 Å². The van der Waals surface area contributed by atoms with E-state index in [0.717, 1.165) is 13.1 Å². The van der Waals surface area contributed by atoms with E-state index in [-0.39, 0.29) is 24.5 Å². The fourth-order valence-electron chi connectivity index (χ4n) is 2.36. The lowest BCUT2D eigenvalue weighted by Gasteiger charge is -2.35. The highest BCUT2D eigenvalue weighted by Gasteiger charge is 2.27. The van der Waals surface area contributed by atoms with Crippen LogP contribution in [0.4, 0.5) is 0 Å². The Balaban J connectivity index is 1.74. The number of nitrogens with zero attached hydrogens (tertiary/aromatic N) is 3. The third-order valence-electron chi connectivity index (χ3n) is 3.40. The van der Waals surface area contributed by atoms with Gasteiger partial charge >= 0.3 is 0 Å². The number of rotatable bonds is 4. The molecule has 0 radical (unpaired) electrons. The van der Waals surface area contributed by atoms with Crippen LogP contribution in [0.5, 0.6) is 0 Å². The minimum absolute atomic E-state index is 0.0348. The highest BCUT2D eigenvalue weighted by atomic mass is 32.2. The molecule has 0 unspecified atom stereocenters. The highest BCUT2D eigenvalue weighted by Crippen LogP contribution is 2.15. The van der Waals surface area contributed by atoms with Crippen LogP contribution in [0, 0.1) is 0 Å². The quantitative estimate of drug-likeness (QED) is 0.722. The Hall–Kier alpha value is -0.790. The fraction of sp³-hybridized carbons (Fsp3) is 0.833. The zero-order valence-electron chi connectivity index (χ0n) is 11.2. The summed E-state index contributed by atoms with van der Waals surface area (Å²) in [5.41, 5.74) is 0. The van der Waals surface area contributed by atoms with Gasteiger partial charge in [0.25, 0.3) is 0 Å². The summed E-state index contributed by atoms with van der Waals surface area (Å²) in [6, 6.07) is 0. The molecular weight excluding hydrogens is 266 g/mol. The molecule has 2 saturated heterocycles. The number of aliphatic hydroxyl groups is 1. The zero-order valence-corrected chi connectivity index (χ0v) is 12.1. The van der Waals surface area contributed by atoms with Crippen molar-refractivity contribution in [2.24, 2.45) is 0 Å². The van der Waals surface area contributed by atoms with Crippen molar-refractivity contribution in [2.75, 3.05) is 50.9 Å². The van der Waals surface area contributed by atoms with E-state index in [0.29, 0.717) is 31.3 Å². The molecule has 2 heterocycles. The number of piperazine rings is 1. The van der Waals surface area contributed by atoms with E-state index >= 15 is 0 Å². The SMILES string of the molecule is C[C@H](O)CN1CCN(C(=O)CN2CSCC2=O)CC1. The third kappa shape index (κ3) is 4.09. The molecule has 0 saturated carbocycles. The Kier molecular flexibility index (Phi) is 5.06. The van der Waals surface area contributed by atoms with Crippen molar-refractivity contribution in [3.05, 3.63) is 0 Å². The number of carbonyl (C=O) groups is 2. The Labute approximate surface area is 117 Å². The maximum absolute atomic E-state index is 12.1. The minimum atomic E-state index is -0.332. The Bertz CT molecular complexity index is 343. The smallest absolute Gasteiger partial charge is 0.242 e. The second kappa shape index (κ2) is 6.58. The van der Waals surface area contributed by atoms with E-state index in [4.69, 9.17) is 0 Å². The summed E-state index contributed by atoms with van der Waals surface area (Å²) in [6.45, 7) is 5.58. The van der Waals surface area contributed by atoms with Gasteiger partial charge in [-0.1, -0.05) is 0 Å². The van der Waals surface area contributed by atoms with Gasteiger partial charge in [-0.15, -0.1) is 11.8 Å². The third-order valence-corrected chi connectivity index (χ3v) is 4.34. The molecule has 108 valence electrons. The van der Waals surface area contributed by atoms with E-state index in [2.05, 4.69) is 4.90 Å². The van der Waals surface area contributed by atoms with Crippen LogP contribution in [0.3, 0.4) is 0 Å². The molecule has 0 aromatic rings. The van der Waals surface area contributed by atoms with Gasteiger partial charge in [-0.25, -0.2) is 0 Å². The first-order chi connectivity index (χ1) is 9.06. The molecule has 0 aromatic carbocycles. The topological polar surface area (TPSA) is 64.1 Å². The van der Waals surface area contributed by atoms with Crippen LogP contribution in [0.15, 0.2) is 0 Å². The van der Waals surface area contributed by atoms with E-state index in [1.54, 1.807) is 23.6 Å². The minimum Gasteiger partial charge on any atom is -0.392 e. The first-order valence-electron chi connectivity index (χ1n) is 6.60. The number of carbonyl (C=O) groups excluding carboxylic acids is 2. The van der Waals surface area contributed by atoms with E-state index in [1.165, 1.54) is 0 Å². The van der Waals surface area contributed by atoms with Crippen LogP contribution in [-0.2, 0) is 9.59 Å². The number of hydrogen-bond acceptors (Lipinski definition) is 5. The Morgan fingerprint density at radius 3 is 2.58 bits per heavy atom. The van der Waals surface area contributed by atoms with Gasteiger partial charge in [0.05, 0.1) is 17.7 Å². The number of amides is 2. The van der Waals surface area contributed by atoms with Gasteiger partial charge < -0.3 is 14.9 Å². The number of hydrogen-bond donors (Lipinski definition) is 1. The normalized spacial score (nSPS) is 22.9. The molecule has 2 fully saturated rings. The molecule has 2 amide bonds. The zero-order chi connectivity index (χ0) is 13.8. The van der Waals surface area contributed by atoms with Gasteiger partial charge in [0.15, 0.2) is 0 Å². The Morgan fingerprint density at radius 1 is 1.37 bits per heavy atom. The lowest BCUT2D eigenvalue weighted by Crippen LogP contribution is -2.52. The summed E-state index contributed by atoms with van der Waals surface area (Å²) in [7, 11) is 0. The van der Waals surface area contributed by atoms with Crippen molar-refractivity contribution in [3.8, 4) is 0 Å². The molecule has 2 aliphatic rings. The van der Waals surface area contributed by atoms with E-state index in [1.807, 2.05) is 4.90 Å². The van der Waals surface area contributed by atoms with Gasteiger partial charge in [0, 0.05) is 32.7 Å². The summed E-state index contributed by atoms with van der Waals surface area (Å²) in [6.07, 6.45) is -0.332. The molecule has 6 nitrogen and oxygen atoms in total. The van der Waals surface area contributed by atoms with E-state index < -0.39 is 0 Å². The molecule has 0 spiro atoms. The Morgan fingerprint density at radius 2 is 2.05 bits per heavy atom. The highest BCUT2D eigenvalue weighted by molar-refractivity contribution is 8.00. The second-order valence-corrected chi connectivity index (χ2v) is 6.05. The standard InChI is InChI=1S/C12H21N3O3S/c1-10(16)6-13-2-4-14(5-3-13)11(17)7-15-9-19-8-12(15)18/h10,16H,2-9H2,1H3/t10-/m0/s1. The first kappa shape index (κ1) is 14.6. The van der Waals surface area contributed by atoms with Crippen LogP contribution < -0.4 is 0 Å². The average Bonchev–Trinajstić information content (AvgIpc) is 2.75. The second-order valence-electron chi connectivity index (χ2n) is 5.10. The molecule has 1 N–H and O–H groups in total. The number of aliphatic hydroxyl groups excluding tert-OH is 1. The predicted octanol–water partition coefficient (Wildman–Crippen LogP) is -0.956. The van der Waals surface area contributed by atoms with E-state index in [9.17, 15) is 14.7 Å². The van der Waals surface area contributed by atoms with Crippen molar-refractivity contribution in [1.82, 2.24) is 14.7 Å². The molecule has 7 heteroatoms. The molecule has 0 bridgehead atoms. The van der Waals surface area contributed by atoms with Crippen molar-refractivity contribution < 1.29 is 14.7 Å². The van der Waals surface area contributed by atoms with Crippen LogP contribution in [-0.4, -0.2) is 88.6 Å². The average molecular weight is 287 g/mol. The van der Waals surface area contributed by atoms with Crippen molar-refractivity contribution in [1.29, 1.82) is 0 Å². The van der Waals surface area contributed by atoms with Gasteiger partial charge in [-0.2, -0.15) is 0 Å².